The van der Waals surface area contributed by atoms with Crippen LogP contribution >= 0.6 is 0 Å². The Hall–Kier alpha value is -3.34. The third kappa shape index (κ3) is 3.95. The first-order valence-electron chi connectivity index (χ1n) is 7.82. The number of carboxylic acids is 1. The molecule has 0 unspecified atom stereocenters. The summed E-state index contributed by atoms with van der Waals surface area (Å²) in [7, 11) is 0. The number of hydrogen-bond acceptors (Lipinski definition) is 3. The van der Waals surface area contributed by atoms with Crippen LogP contribution in [0.3, 0.4) is 0 Å². The van der Waals surface area contributed by atoms with E-state index in [1.807, 2.05) is 42.5 Å². The van der Waals surface area contributed by atoms with Gasteiger partial charge >= 0.3 is 5.97 Å². The summed E-state index contributed by atoms with van der Waals surface area (Å²) in [5.74, 6) is -0.704. The summed E-state index contributed by atoms with van der Waals surface area (Å²) >= 11 is 0. The van der Waals surface area contributed by atoms with Crippen LogP contribution in [-0.2, 0) is 4.79 Å². The zero-order valence-corrected chi connectivity index (χ0v) is 13.6. The normalized spacial score (nSPS) is 11.7. The second-order valence-corrected chi connectivity index (χ2v) is 5.64. The topological polar surface area (TPSA) is 75.6 Å². The van der Waals surface area contributed by atoms with Crippen molar-refractivity contribution < 1.29 is 19.4 Å². The van der Waals surface area contributed by atoms with Crippen molar-refractivity contribution in [3.63, 3.8) is 0 Å². The van der Waals surface area contributed by atoms with Crippen LogP contribution in [0.2, 0.25) is 0 Å². The lowest BCUT2D eigenvalue weighted by Crippen LogP contribution is -2.30. The number of amides is 1. The average Bonchev–Trinajstić information content (AvgIpc) is 2.62. The molecular formula is C20H17NO4. The van der Waals surface area contributed by atoms with Crippen LogP contribution in [0.1, 0.15) is 17.3 Å². The Kier molecular flexibility index (Phi) is 4.66. The molecule has 25 heavy (non-hydrogen) atoms. The molecular weight excluding hydrogens is 318 g/mol. The Labute approximate surface area is 144 Å². The number of rotatable bonds is 5. The van der Waals surface area contributed by atoms with Crippen molar-refractivity contribution in [3.8, 4) is 5.75 Å². The van der Waals surface area contributed by atoms with Gasteiger partial charge in [0, 0.05) is 5.69 Å². The molecule has 0 saturated carbocycles. The van der Waals surface area contributed by atoms with Crippen molar-refractivity contribution in [3.05, 3.63) is 72.3 Å². The van der Waals surface area contributed by atoms with Gasteiger partial charge in [0.25, 0.3) is 5.91 Å². The van der Waals surface area contributed by atoms with Crippen molar-refractivity contribution in [2.24, 2.45) is 0 Å². The molecule has 1 amide bonds. The number of benzene rings is 3. The van der Waals surface area contributed by atoms with E-state index in [9.17, 15) is 9.59 Å². The van der Waals surface area contributed by atoms with E-state index in [-0.39, 0.29) is 11.5 Å². The summed E-state index contributed by atoms with van der Waals surface area (Å²) in [5.41, 5.74) is 0.683. The summed E-state index contributed by atoms with van der Waals surface area (Å²) in [6.45, 7) is 1.66. The molecule has 0 heterocycles. The lowest BCUT2D eigenvalue weighted by Gasteiger charge is -2.15. The molecule has 0 bridgehead atoms. The molecule has 3 rings (SSSR count). The quantitative estimate of drug-likeness (QED) is 0.740. The molecule has 126 valence electrons. The van der Waals surface area contributed by atoms with Gasteiger partial charge in [0.1, 0.15) is 5.75 Å². The van der Waals surface area contributed by atoms with E-state index in [1.165, 1.54) is 12.1 Å². The Morgan fingerprint density at radius 1 is 0.960 bits per heavy atom. The zero-order chi connectivity index (χ0) is 17.8. The molecule has 0 saturated heterocycles. The first-order chi connectivity index (χ1) is 12.0. The smallest absolute Gasteiger partial charge is 0.335 e. The third-order valence-corrected chi connectivity index (χ3v) is 3.80. The SMILES string of the molecule is C[C@@H](Oc1ccc2ccccc2c1)C(=O)Nc1ccc(C(=O)O)cc1. The number of ether oxygens (including phenoxy) is 1. The second-order valence-electron chi connectivity index (χ2n) is 5.64. The molecule has 5 nitrogen and oxygen atoms in total. The van der Waals surface area contributed by atoms with Gasteiger partial charge in [-0.3, -0.25) is 4.79 Å². The van der Waals surface area contributed by atoms with Gasteiger partial charge in [-0.05, 0) is 54.1 Å². The molecule has 5 heteroatoms. The Bertz CT molecular complexity index is 918. The third-order valence-electron chi connectivity index (χ3n) is 3.80. The van der Waals surface area contributed by atoms with Gasteiger partial charge in [-0.2, -0.15) is 0 Å². The minimum Gasteiger partial charge on any atom is -0.481 e. The Morgan fingerprint density at radius 3 is 2.32 bits per heavy atom. The molecule has 3 aromatic rings. The number of carboxylic acid groups (broad SMARTS) is 1. The van der Waals surface area contributed by atoms with E-state index in [2.05, 4.69) is 5.32 Å². The lowest BCUT2D eigenvalue weighted by atomic mass is 10.1. The van der Waals surface area contributed by atoms with Crippen molar-refractivity contribution in [2.45, 2.75) is 13.0 Å². The van der Waals surface area contributed by atoms with Gasteiger partial charge in [-0.25, -0.2) is 4.79 Å². The van der Waals surface area contributed by atoms with Gasteiger partial charge in [0.2, 0.25) is 0 Å². The van der Waals surface area contributed by atoms with Crippen molar-refractivity contribution >= 4 is 28.3 Å². The fourth-order valence-electron chi connectivity index (χ4n) is 2.44. The second kappa shape index (κ2) is 7.05. The fourth-order valence-corrected chi connectivity index (χ4v) is 2.44. The maximum atomic E-state index is 12.2. The molecule has 0 aliphatic carbocycles. The number of hydrogen-bond donors (Lipinski definition) is 2. The minimum atomic E-state index is -1.01. The predicted molar refractivity (Wildman–Crippen MR) is 96.1 cm³/mol. The number of carbonyl (C=O) groups excluding carboxylic acids is 1. The molecule has 3 aromatic carbocycles. The summed E-state index contributed by atoms with van der Waals surface area (Å²) in [5, 5.41) is 13.7. The number of carbonyl (C=O) groups is 2. The minimum absolute atomic E-state index is 0.165. The molecule has 2 N–H and O–H groups in total. The predicted octanol–water partition coefficient (Wildman–Crippen LogP) is 3.94. The van der Waals surface area contributed by atoms with E-state index in [1.54, 1.807) is 19.1 Å². The van der Waals surface area contributed by atoms with E-state index in [0.29, 0.717) is 11.4 Å². The highest BCUT2D eigenvalue weighted by Crippen LogP contribution is 2.21. The van der Waals surface area contributed by atoms with E-state index < -0.39 is 12.1 Å². The molecule has 0 spiro atoms. The standard InChI is InChI=1S/C20H17NO4/c1-13(19(22)21-17-9-6-15(7-10-17)20(23)24)25-18-11-8-14-4-2-3-5-16(14)12-18/h2-13H,1H3,(H,21,22)(H,23,24)/t13-/m1/s1. The van der Waals surface area contributed by atoms with Crippen molar-refractivity contribution in [1.29, 1.82) is 0 Å². The van der Waals surface area contributed by atoms with Crippen molar-refractivity contribution in [2.75, 3.05) is 5.32 Å². The van der Waals surface area contributed by atoms with Gasteiger partial charge < -0.3 is 15.2 Å². The van der Waals surface area contributed by atoms with Gasteiger partial charge in [-0.1, -0.05) is 30.3 Å². The number of anilines is 1. The van der Waals surface area contributed by atoms with E-state index >= 15 is 0 Å². The maximum Gasteiger partial charge on any atom is 0.335 e. The maximum absolute atomic E-state index is 12.2. The van der Waals surface area contributed by atoms with E-state index in [0.717, 1.165) is 10.8 Å². The molecule has 0 radical (unpaired) electrons. The van der Waals surface area contributed by atoms with Crippen LogP contribution in [0.5, 0.6) is 5.75 Å². The zero-order valence-electron chi connectivity index (χ0n) is 13.6. The largest absolute Gasteiger partial charge is 0.481 e. The van der Waals surface area contributed by atoms with Crippen molar-refractivity contribution in [1.82, 2.24) is 0 Å². The van der Waals surface area contributed by atoms with Crippen LogP contribution in [0.4, 0.5) is 5.69 Å². The van der Waals surface area contributed by atoms with Crippen LogP contribution in [0, 0.1) is 0 Å². The Morgan fingerprint density at radius 2 is 1.64 bits per heavy atom. The highest BCUT2D eigenvalue weighted by Gasteiger charge is 2.15. The molecule has 0 aliphatic rings. The summed E-state index contributed by atoms with van der Waals surface area (Å²) < 4.78 is 5.71. The number of aromatic carboxylic acids is 1. The monoisotopic (exact) mass is 335 g/mol. The lowest BCUT2D eigenvalue weighted by molar-refractivity contribution is -0.122. The first kappa shape index (κ1) is 16.5. The summed E-state index contributed by atoms with van der Waals surface area (Å²) in [6, 6.07) is 19.5. The number of fused-ring (bicyclic) bond motifs is 1. The molecule has 0 fully saturated rings. The number of nitrogens with one attached hydrogen (secondary N) is 1. The fraction of sp³-hybridized carbons (Fsp3) is 0.100. The summed E-state index contributed by atoms with van der Waals surface area (Å²) in [6.07, 6.45) is -0.694. The highest BCUT2D eigenvalue weighted by molar-refractivity contribution is 5.95. The van der Waals surface area contributed by atoms with Crippen LogP contribution in [-0.4, -0.2) is 23.1 Å². The average molecular weight is 335 g/mol. The van der Waals surface area contributed by atoms with Gasteiger partial charge in [0.05, 0.1) is 5.56 Å². The van der Waals surface area contributed by atoms with E-state index in [4.69, 9.17) is 9.84 Å². The van der Waals surface area contributed by atoms with Crippen LogP contribution < -0.4 is 10.1 Å². The first-order valence-corrected chi connectivity index (χ1v) is 7.82. The van der Waals surface area contributed by atoms with Gasteiger partial charge in [-0.15, -0.1) is 0 Å². The Balaban J connectivity index is 1.66. The highest BCUT2D eigenvalue weighted by atomic mass is 16.5. The van der Waals surface area contributed by atoms with Gasteiger partial charge in [0.15, 0.2) is 6.10 Å². The van der Waals surface area contributed by atoms with Crippen LogP contribution in [0.25, 0.3) is 10.8 Å². The van der Waals surface area contributed by atoms with Crippen LogP contribution in [0.15, 0.2) is 66.7 Å². The summed E-state index contributed by atoms with van der Waals surface area (Å²) in [4.78, 5) is 23.1. The molecule has 0 aliphatic heterocycles. The molecule has 0 aromatic heterocycles. The molecule has 1 atom stereocenters.